The van der Waals surface area contributed by atoms with Crippen LogP contribution in [0.1, 0.15) is 0 Å². The van der Waals surface area contributed by atoms with E-state index in [1.807, 2.05) is 83.3 Å². The Hall–Kier alpha value is -1.89. The van der Waals surface area contributed by atoms with Crippen molar-refractivity contribution in [2.24, 2.45) is 0 Å². The Morgan fingerprint density at radius 1 is 0.700 bits per heavy atom. The van der Waals surface area contributed by atoms with Gasteiger partial charge in [-0.1, -0.05) is 59.0 Å². The summed E-state index contributed by atoms with van der Waals surface area (Å²) in [4.78, 5) is 24.7. The van der Waals surface area contributed by atoms with E-state index < -0.39 is 3.92 Å². The third-order valence-corrected chi connectivity index (χ3v) is 4.12. The number of amides is 2. The zero-order chi connectivity index (χ0) is 14.1. The van der Waals surface area contributed by atoms with Gasteiger partial charge in [0.15, 0.2) is 3.92 Å². The molecule has 0 aliphatic carbocycles. The number of hydrazine groups is 1. The Balaban J connectivity index is 2.10. The van der Waals surface area contributed by atoms with E-state index in [1.54, 1.807) is 0 Å². The van der Waals surface area contributed by atoms with Crippen LogP contribution in [-0.4, -0.2) is 15.7 Å². The van der Waals surface area contributed by atoms with E-state index in [2.05, 4.69) is 0 Å². The van der Waals surface area contributed by atoms with E-state index in [-0.39, 0.29) is 11.8 Å². The number of carbonyl (C=O) groups is 2. The van der Waals surface area contributed by atoms with Crippen molar-refractivity contribution in [1.29, 1.82) is 0 Å². The van der Waals surface area contributed by atoms with Crippen LogP contribution in [0.25, 0.3) is 0 Å². The van der Waals surface area contributed by atoms with Crippen LogP contribution in [0.4, 0.5) is 11.4 Å². The second kappa shape index (κ2) is 5.24. The molecule has 0 aromatic heterocycles. The molecule has 0 N–H and O–H groups in total. The Kier molecular flexibility index (Phi) is 3.43. The molecular formula is C15H11IN2O2. The van der Waals surface area contributed by atoms with Crippen molar-refractivity contribution in [3.8, 4) is 0 Å². The molecule has 0 saturated carbocycles. The maximum atomic E-state index is 12.4. The lowest BCUT2D eigenvalue weighted by Gasteiger charge is -2.27. The van der Waals surface area contributed by atoms with Gasteiger partial charge in [0, 0.05) is 0 Å². The first kappa shape index (κ1) is 13.1. The first-order chi connectivity index (χ1) is 9.70. The number of hydrogen-bond donors (Lipinski definition) is 0. The van der Waals surface area contributed by atoms with E-state index in [9.17, 15) is 9.59 Å². The first-order valence-corrected chi connectivity index (χ1v) is 7.37. The number of nitrogens with zero attached hydrogens (tertiary/aromatic N) is 2. The van der Waals surface area contributed by atoms with Crippen LogP contribution in [-0.2, 0) is 9.59 Å². The summed E-state index contributed by atoms with van der Waals surface area (Å²) >= 11 is 1.89. The maximum Gasteiger partial charge on any atom is 0.268 e. The molecule has 5 heteroatoms. The number of carbonyl (C=O) groups excluding carboxylic acids is 2. The number of para-hydroxylation sites is 2. The molecule has 0 bridgehead atoms. The van der Waals surface area contributed by atoms with E-state index in [0.29, 0.717) is 11.4 Å². The molecule has 0 radical (unpaired) electrons. The van der Waals surface area contributed by atoms with Crippen molar-refractivity contribution in [3.63, 3.8) is 0 Å². The smallest absolute Gasteiger partial charge is 0.268 e. The SMILES string of the molecule is O=C1C(I)C(=O)N(c2ccccc2)N1c1ccccc1. The van der Waals surface area contributed by atoms with Gasteiger partial charge in [0.25, 0.3) is 11.8 Å². The molecule has 2 aromatic rings. The standard InChI is InChI=1S/C15H11IN2O2/c16-13-14(19)17(11-7-3-1-4-8-11)18(15(13)20)12-9-5-2-6-10-12/h1-10,13H. The van der Waals surface area contributed by atoms with Gasteiger partial charge in [0.1, 0.15) is 0 Å². The minimum absolute atomic E-state index is 0.217. The van der Waals surface area contributed by atoms with E-state index >= 15 is 0 Å². The van der Waals surface area contributed by atoms with Crippen LogP contribution in [0, 0.1) is 0 Å². The van der Waals surface area contributed by atoms with Gasteiger partial charge in [-0.3, -0.25) is 9.59 Å². The minimum atomic E-state index is -0.687. The monoisotopic (exact) mass is 378 g/mol. The minimum Gasteiger partial charge on any atom is -0.271 e. The van der Waals surface area contributed by atoms with Crippen LogP contribution in [0.3, 0.4) is 0 Å². The van der Waals surface area contributed by atoms with E-state index in [0.717, 1.165) is 0 Å². The predicted molar refractivity (Wildman–Crippen MR) is 85.7 cm³/mol. The molecule has 1 aliphatic heterocycles. The van der Waals surface area contributed by atoms with E-state index in [1.165, 1.54) is 10.0 Å². The van der Waals surface area contributed by atoms with Gasteiger partial charge in [0.05, 0.1) is 11.4 Å². The summed E-state index contributed by atoms with van der Waals surface area (Å²) in [5, 5.41) is 2.88. The molecule has 2 aromatic carbocycles. The molecular weight excluding hydrogens is 367 g/mol. The molecule has 1 fully saturated rings. The third-order valence-electron chi connectivity index (χ3n) is 3.05. The molecule has 2 amide bonds. The Morgan fingerprint density at radius 3 is 1.40 bits per heavy atom. The average Bonchev–Trinajstić information content (AvgIpc) is 2.73. The normalized spacial score (nSPS) is 16.1. The summed E-state index contributed by atoms with van der Waals surface area (Å²) in [5.74, 6) is -0.434. The van der Waals surface area contributed by atoms with Crippen LogP contribution >= 0.6 is 22.6 Å². The van der Waals surface area contributed by atoms with Crippen molar-refractivity contribution < 1.29 is 9.59 Å². The van der Waals surface area contributed by atoms with Gasteiger partial charge in [-0.2, -0.15) is 0 Å². The van der Waals surface area contributed by atoms with Gasteiger partial charge in [-0.05, 0) is 24.3 Å². The summed E-state index contributed by atoms with van der Waals surface area (Å²) in [7, 11) is 0. The number of anilines is 2. The summed E-state index contributed by atoms with van der Waals surface area (Å²) in [6, 6.07) is 18.4. The maximum absolute atomic E-state index is 12.4. The molecule has 1 saturated heterocycles. The fourth-order valence-corrected chi connectivity index (χ4v) is 2.67. The molecule has 0 unspecified atom stereocenters. The van der Waals surface area contributed by atoms with Crippen molar-refractivity contribution >= 4 is 45.8 Å². The molecule has 0 atom stereocenters. The summed E-state index contributed by atoms with van der Waals surface area (Å²) in [5.41, 5.74) is 1.38. The highest BCUT2D eigenvalue weighted by Crippen LogP contribution is 2.31. The lowest BCUT2D eigenvalue weighted by atomic mass is 10.3. The molecule has 0 spiro atoms. The Bertz CT molecular complexity index is 588. The molecule has 1 aliphatic rings. The molecule has 1 heterocycles. The van der Waals surface area contributed by atoms with Crippen molar-refractivity contribution in [2.75, 3.05) is 10.0 Å². The van der Waals surface area contributed by atoms with Crippen molar-refractivity contribution in [2.45, 2.75) is 3.92 Å². The highest BCUT2D eigenvalue weighted by Gasteiger charge is 2.45. The zero-order valence-corrected chi connectivity index (χ0v) is 12.6. The Labute approximate surface area is 130 Å². The molecule has 100 valence electrons. The second-order valence-electron chi connectivity index (χ2n) is 4.33. The average molecular weight is 378 g/mol. The van der Waals surface area contributed by atoms with Gasteiger partial charge in [-0.25, -0.2) is 10.0 Å². The number of rotatable bonds is 2. The fraction of sp³-hybridized carbons (Fsp3) is 0.0667. The van der Waals surface area contributed by atoms with Gasteiger partial charge in [-0.15, -0.1) is 0 Å². The van der Waals surface area contributed by atoms with Crippen molar-refractivity contribution in [3.05, 3.63) is 60.7 Å². The van der Waals surface area contributed by atoms with Crippen LogP contribution in [0.2, 0.25) is 0 Å². The van der Waals surface area contributed by atoms with E-state index in [4.69, 9.17) is 0 Å². The highest BCUT2D eigenvalue weighted by molar-refractivity contribution is 14.1. The largest absolute Gasteiger partial charge is 0.271 e. The second-order valence-corrected chi connectivity index (χ2v) is 5.58. The lowest BCUT2D eigenvalue weighted by Crippen LogP contribution is -2.41. The highest BCUT2D eigenvalue weighted by atomic mass is 127. The van der Waals surface area contributed by atoms with Crippen LogP contribution < -0.4 is 10.0 Å². The molecule has 4 nitrogen and oxygen atoms in total. The summed E-state index contributed by atoms with van der Waals surface area (Å²) in [6.07, 6.45) is 0. The number of alkyl halides is 1. The molecule has 20 heavy (non-hydrogen) atoms. The molecule has 3 rings (SSSR count). The van der Waals surface area contributed by atoms with Crippen LogP contribution in [0.15, 0.2) is 60.7 Å². The van der Waals surface area contributed by atoms with Gasteiger partial charge in [0.2, 0.25) is 0 Å². The van der Waals surface area contributed by atoms with Gasteiger partial charge >= 0.3 is 0 Å². The lowest BCUT2D eigenvalue weighted by molar-refractivity contribution is -0.120. The number of benzene rings is 2. The zero-order valence-electron chi connectivity index (χ0n) is 10.4. The van der Waals surface area contributed by atoms with Gasteiger partial charge < -0.3 is 0 Å². The summed E-state index contributed by atoms with van der Waals surface area (Å²) < 4.78 is -0.687. The first-order valence-electron chi connectivity index (χ1n) is 6.12. The summed E-state index contributed by atoms with van der Waals surface area (Å²) in [6.45, 7) is 0. The topological polar surface area (TPSA) is 40.6 Å². The van der Waals surface area contributed by atoms with Crippen molar-refractivity contribution in [1.82, 2.24) is 0 Å². The number of hydrogen-bond acceptors (Lipinski definition) is 2. The quantitative estimate of drug-likeness (QED) is 0.458. The number of halogens is 1. The Morgan fingerprint density at radius 2 is 1.05 bits per heavy atom. The van der Waals surface area contributed by atoms with Crippen LogP contribution in [0.5, 0.6) is 0 Å². The third kappa shape index (κ3) is 2.07. The fourth-order valence-electron chi connectivity index (χ4n) is 2.14. The predicted octanol–water partition coefficient (Wildman–Crippen LogP) is 2.79.